The summed E-state index contributed by atoms with van der Waals surface area (Å²) >= 11 is 0. The molecule has 1 aromatic carbocycles. The van der Waals surface area contributed by atoms with Gasteiger partial charge in [-0.2, -0.15) is 10.2 Å². The van der Waals surface area contributed by atoms with Crippen molar-refractivity contribution in [2.75, 3.05) is 5.32 Å². The van der Waals surface area contributed by atoms with Crippen molar-refractivity contribution >= 4 is 11.6 Å². The predicted molar refractivity (Wildman–Crippen MR) is 121 cm³/mol. The molecule has 0 radical (unpaired) electrons. The van der Waals surface area contributed by atoms with Crippen LogP contribution in [0.15, 0.2) is 53.3 Å². The molecule has 0 atom stereocenters. The maximum atomic E-state index is 12.6. The maximum absolute atomic E-state index is 12.6. The van der Waals surface area contributed by atoms with Crippen LogP contribution in [0.4, 0.5) is 5.69 Å². The van der Waals surface area contributed by atoms with Crippen LogP contribution in [-0.2, 0) is 19.7 Å². The molecular formula is C24H27N5O3. The second-order valence-corrected chi connectivity index (χ2v) is 7.73. The molecule has 0 aliphatic heterocycles. The van der Waals surface area contributed by atoms with Gasteiger partial charge in [-0.15, -0.1) is 0 Å². The average Bonchev–Trinajstić information content (AvgIpc) is 3.49. The molecule has 0 spiro atoms. The number of nitrogens with one attached hydrogen (secondary N) is 1. The molecule has 32 heavy (non-hydrogen) atoms. The van der Waals surface area contributed by atoms with E-state index in [4.69, 9.17) is 9.15 Å². The van der Waals surface area contributed by atoms with Crippen LogP contribution < -0.4 is 10.1 Å². The minimum absolute atomic E-state index is 0.220. The third-order valence-electron chi connectivity index (χ3n) is 5.38. The van der Waals surface area contributed by atoms with Gasteiger partial charge in [-0.05, 0) is 51.0 Å². The molecule has 8 heteroatoms. The summed E-state index contributed by atoms with van der Waals surface area (Å²) in [5.74, 6) is 1.30. The molecule has 0 bridgehead atoms. The van der Waals surface area contributed by atoms with E-state index in [9.17, 15) is 4.79 Å². The van der Waals surface area contributed by atoms with Crippen LogP contribution in [0.5, 0.6) is 5.75 Å². The first-order chi connectivity index (χ1) is 15.4. The molecule has 1 amide bonds. The van der Waals surface area contributed by atoms with E-state index in [2.05, 4.69) is 22.4 Å². The monoisotopic (exact) mass is 433 g/mol. The van der Waals surface area contributed by atoms with Crippen molar-refractivity contribution < 1.29 is 13.9 Å². The van der Waals surface area contributed by atoms with Gasteiger partial charge in [0.15, 0.2) is 5.76 Å². The molecule has 0 saturated heterocycles. The number of amides is 1. The van der Waals surface area contributed by atoms with Crippen molar-refractivity contribution in [1.29, 1.82) is 0 Å². The number of furan rings is 1. The fourth-order valence-electron chi connectivity index (χ4n) is 3.59. The number of hydrogen-bond acceptors (Lipinski definition) is 5. The molecule has 0 unspecified atom stereocenters. The topological polar surface area (TPSA) is 87.1 Å². The molecule has 4 aromatic rings. The van der Waals surface area contributed by atoms with Crippen molar-refractivity contribution in [3.8, 4) is 5.75 Å². The minimum Gasteiger partial charge on any atom is -0.485 e. The Kier molecular flexibility index (Phi) is 6.11. The van der Waals surface area contributed by atoms with Gasteiger partial charge in [-0.1, -0.05) is 18.2 Å². The second kappa shape index (κ2) is 9.13. The second-order valence-electron chi connectivity index (χ2n) is 7.73. The summed E-state index contributed by atoms with van der Waals surface area (Å²) in [7, 11) is 0. The number of ether oxygens (including phenoxy) is 1. The van der Waals surface area contributed by atoms with E-state index in [0.29, 0.717) is 18.0 Å². The van der Waals surface area contributed by atoms with Gasteiger partial charge in [0.25, 0.3) is 5.91 Å². The number of para-hydroxylation sites is 1. The Bertz CT molecular complexity index is 1210. The Morgan fingerprint density at radius 2 is 1.88 bits per heavy atom. The normalized spacial score (nSPS) is 11.0. The lowest BCUT2D eigenvalue weighted by Crippen LogP contribution is -2.10. The molecule has 3 heterocycles. The Hall–Kier alpha value is -3.81. The van der Waals surface area contributed by atoms with Crippen LogP contribution in [-0.4, -0.2) is 25.5 Å². The van der Waals surface area contributed by atoms with Crippen LogP contribution in [0.25, 0.3) is 0 Å². The van der Waals surface area contributed by atoms with Crippen molar-refractivity contribution in [3.05, 3.63) is 82.8 Å². The third kappa shape index (κ3) is 4.59. The Balaban J connectivity index is 1.35. The first kappa shape index (κ1) is 21.4. The van der Waals surface area contributed by atoms with Crippen LogP contribution in [0, 0.1) is 20.8 Å². The smallest absolute Gasteiger partial charge is 0.291 e. The Morgan fingerprint density at radius 1 is 1.09 bits per heavy atom. The van der Waals surface area contributed by atoms with Crippen molar-refractivity contribution in [2.24, 2.45) is 0 Å². The molecule has 0 aliphatic carbocycles. The lowest BCUT2D eigenvalue weighted by atomic mass is 10.1. The summed E-state index contributed by atoms with van der Waals surface area (Å²) in [6, 6.07) is 9.39. The fourth-order valence-corrected chi connectivity index (χ4v) is 3.59. The van der Waals surface area contributed by atoms with Gasteiger partial charge < -0.3 is 14.5 Å². The van der Waals surface area contributed by atoms with Gasteiger partial charge >= 0.3 is 0 Å². The largest absolute Gasteiger partial charge is 0.485 e. The summed E-state index contributed by atoms with van der Waals surface area (Å²) in [6.07, 6.45) is 5.25. The zero-order valence-corrected chi connectivity index (χ0v) is 18.8. The van der Waals surface area contributed by atoms with Crippen LogP contribution in [0.2, 0.25) is 0 Å². The van der Waals surface area contributed by atoms with Crippen LogP contribution in [0.1, 0.15) is 45.6 Å². The summed E-state index contributed by atoms with van der Waals surface area (Å²) < 4.78 is 15.3. The highest BCUT2D eigenvalue weighted by atomic mass is 16.5. The fraction of sp³-hybridized carbons (Fsp3) is 0.292. The van der Waals surface area contributed by atoms with E-state index in [1.807, 2.05) is 49.8 Å². The molecule has 1 N–H and O–H groups in total. The van der Waals surface area contributed by atoms with Gasteiger partial charge in [0, 0.05) is 24.0 Å². The molecule has 0 fully saturated rings. The number of carbonyl (C=O) groups is 1. The number of anilines is 1. The Morgan fingerprint density at radius 3 is 2.59 bits per heavy atom. The predicted octanol–water partition coefficient (Wildman–Crippen LogP) is 4.50. The van der Waals surface area contributed by atoms with E-state index in [-0.39, 0.29) is 18.3 Å². The molecule has 3 aromatic heterocycles. The number of rotatable bonds is 8. The Labute approximate surface area is 186 Å². The van der Waals surface area contributed by atoms with Crippen molar-refractivity contribution in [3.63, 3.8) is 0 Å². The summed E-state index contributed by atoms with van der Waals surface area (Å²) in [4.78, 5) is 12.6. The van der Waals surface area contributed by atoms with Gasteiger partial charge in [0.2, 0.25) is 0 Å². The number of aryl methyl sites for hydroxylation is 3. The maximum Gasteiger partial charge on any atom is 0.291 e. The standard InChI is InChI=1S/C24H27N5O3/c1-5-29-18(4)19(11-26-29)13-28-14-20(12-25-28)27-24(30)22-10-9-21(32-22)15-31-23-16(2)7-6-8-17(23)3/h6-12,14H,5,13,15H2,1-4H3,(H,27,30). The van der Waals surface area contributed by atoms with E-state index < -0.39 is 0 Å². The third-order valence-corrected chi connectivity index (χ3v) is 5.38. The first-order valence-electron chi connectivity index (χ1n) is 10.6. The lowest BCUT2D eigenvalue weighted by molar-refractivity contribution is 0.0992. The van der Waals surface area contributed by atoms with Crippen molar-refractivity contribution in [2.45, 2.75) is 47.4 Å². The van der Waals surface area contributed by atoms with E-state index in [0.717, 1.165) is 34.7 Å². The van der Waals surface area contributed by atoms with E-state index >= 15 is 0 Å². The number of carbonyl (C=O) groups excluding carboxylic acids is 1. The highest BCUT2D eigenvalue weighted by Gasteiger charge is 2.14. The molecule has 0 aliphatic rings. The van der Waals surface area contributed by atoms with Crippen LogP contribution in [0.3, 0.4) is 0 Å². The van der Waals surface area contributed by atoms with E-state index in [1.54, 1.807) is 29.2 Å². The highest BCUT2D eigenvalue weighted by Crippen LogP contribution is 2.24. The number of aromatic nitrogens is 4. The van der Waals surface area contributed by atoms with E-state index in [1.165, 1.54) is 0 Å². The SMILES string of the molecule is CCn1ncc(Cn2cc(NC(=O)c3ccc(COc4c(C)cccc4C)o3)cn2)c1C. The molecule has 0 saturated carbocycles. The van der Waals surface area contributed by atoms with Gasteiger partial charge in [0.1, 0.15) is 18.1 Å². The highest BCUT2D eigenvalue weighted by molar-refractivity contribution is 6.02. The molecule has 8 nitrogen and oxygen atoms in total. The zero-order chi connectivity index (χ0) is 22.7. The molecular weight excluding hydrogens is 406 g/mol. The molecule has 4 rings (SSSR count). The average molecular weight is 434 g/mol. The molecule has 166 valence electrons. The lowest BCUT2D eigenvalue weighted by Gasteiger charge is -2.10. The summed E-state index contributed by atoms with van der Waals surface area (Å²) in [5.41, 5.74) is 4.92. The van der Waals surface area contributed by atoms with Gasteiger partial charge in [0.05, 0.1) is 24.6 Å². The van der Waals surface area contributed by atoms with Gasteiger partial charge in [-0.25, -0.2) is 0 Å². The first-order valence-corrected chi connectivity index (χ1v) is 10.6. The quantitative estimate of drug-likeness (QED) is 0.442. The minimum atomic E-state index is -0.335. The van der Waals surface area contributed by atoms with Crippen molar-refractivity contribution in [1.82, 2.24) is 19.6 Å². The summed E-state index contributed by atoms with van der Waals surface area (Å²) in [6.45, 7) is 9.76. The van der Waals surface area contributed by atoms with Gasteiger partial charge in [-0.3, -0.25) is 14.2 Å². The summed E-state index contributed by atoms with van der Waals surface area (Å²) in [5, 5.41) is 11.5. The van der Waals surface area contributed by atoms with Crippen LogP contribution >= 0.6 is 0 Å². The number of benzene rings is 1. The number of nitrogens with zero attached hydrogens (tertiary/aromatic N) is 4. The zero-order valence-electron chi connectivity index (χ0n) is 18.8. The number of hydrogen-bond donors (Lipinski definition) is 1.